The van der Waals surface area contributed by atoms with Crippen molar-refractivity contribution < 1.29 is 23.8 Å². The molecule has 1 fully saturated rings. The summed E-state index contributed by atoms with van der Waals surface area (Å²) in [5.41, 5.74) is 2.90. The van der Waals surface area contributed by atoms with E-state index in [4.69, 9.17) is 14.2 Å². The van der Waals surface area contributed by atoms with Crippen LogP contribution in [0.15, 0.2) is 66.7 Å². The molecule has 3 aromatic rings. The molecule has 6 rings (SSSR count). The Balaban J connectivity index is 1.43. The molecule has 7 nitrogen and oxygen atoms in total. The van der Waals surface area contributed by atoms with Gasteiger partial charge in [0.2, 0.25) is 5.91 Å². The van der Waals surface area contributed by atoms with E-state index < -0.39 is 12.0 Å². The van der Waals surface area contributed by atoms with Crippen LogP contribution in [0.4, 0.5) is 5.69 Å². The number of ether oxygens (including phenoxy) is 3. The topological polar surface area (TPSA) is 77.1 Å². The van der Waals surface area contributed by atoms with E-state index >= 15 is 0 Å². The minimum atomic E-state index is -0.590. The lowest BCUT2D eigenvalue weighted by molar-refractivity contribution is -0.119. The molecule has 0 saturated heterocycles. The van der Waals surface area contributed by atoms with Gasteiger partial charge in [-0.3, -0.25) is 9.59 Å². The van der Waals surface area contributed by atoms with Gasteiger partial charge < -0.3 is 24.4 Å². The van der Waals surface area contributed by atoms with Gasteiger partial charge in [0.25, 0.3) is 5.91 Å². The van der Waals surface area contributed by atoms with E-state index in [0.29, 0.717) is 36.0 Å². The van der Waals surface area contributed by atoms with Crippen LogP contribution < -0.4 is 19.5 Å². The fraction of sp³-hybridized carbons (Fsp3) is 0.355. The highest BCUT2D eigenvalue weighted by molar-refractivity contribution is 6.04. The summed E-state index contributed by atoms with van der Waals surface area (Å²) in [6, 6.07) is 20.4. The average Bonchev–Trinajstić information content (AvgIpc) is 2.97. The summed E-state index contributed by atoms with van der Waals surface area (Å²) in [5.74, 6) is 1.26. The Labute approximate surface area is 222 Å². The molecule has 1 saturated carbocycles. The standard InChI is InChI=1S/C31H32N2O5/c1-36-23-14-11-20(12-15-23)29-28(30(34)32-21-13-16-26-27(19-21)38-18-17-37-26)24-9-5-6-10-25(24)31(35)33(29)22-7-3-2-4-8-22/h5-6,9-16,19,22,28-29H,2-4,7-8,17-18H2,1H3,(H,32,34)/t28-,29+/m0/s1. The van der Waals surface area contributed by atoms with Crippen LogP contribution in [0.3, 0.4) is 0 Å². The summed E-state index contributed by atoms with van der Waals surface area (Å²) >= 11 is 0. The predicted molar refractivity (Wildman–Crippen MR) is 144 cm³/mol. The number of hydrogen-bond acceptors (Lipinski definition) is 5. The van der Waals surface area contributed by atoms with E-state index in [1.165, 1.54) is 6.42 Å². The number of anilines is 1. The lowest BCUT2D eigenvalue weighted by Gasteiger charge is -2.46. The van der Waals surface area contributed by atoms with Crippen molar-refractivity contribution in [2.45, 2.75) is 50.1 Å². The quantitative estimate of drug-likeness (QED) is 0.473. The molecule has 3 aliphatic rings. The van der Waals surface area contributed by atoms with Crippen LogP contribution in [-0.2, 0) is 4.79 Å². The molecule has 1 aliphatic carbocycles. The van der Waals surface area contributed by atoms with Gasteiger partial charge in [-0.15, -0.1) is 0 Å². The van der Waals surface area contributed by atoms with E-state index in [-0.39, 0.29) is 17.9 Å². The van der Waals surface area contributed by atoms with Crippen molar-refractivity contribution in [3.8, 4) is 17.2 Å². The predicted octanol–water partition coefficient (Wildman–Crippen LogP) is 5.72. The van der Waals surface area contributed by atoms with Crippen molar-refractivity contribution in [1.29, 1.82) is 0 Å². The van der Waals surface area contributed by atoms with Gasteiger partial charge in [-0.25, -0.2) is 0 Å². The number of nitrogens with zero attached hydrogens (tertiary/aromatic N) is 1. The third kappa shape index (κ3) is 4.46. The van der Waals surface area contributed by atoms with Crippen LogP contribution in [0.25, 0.3) is 0 Å². The number of fused-ring (bicyclic) bond motifs is 2. The summed E-state index contributed by atoms with van der Waals surface area (Å²) in [6.07, 6.45) is 5.23. The van der Waals surface area contributed by atoms with E-state index in [0.717, 1.165) is 42.6 Å². The molecule has 0 unspecified atom stereocenters. The maximum Gasteiger partial charge on any atom is 0.254 e. The monoisotopic (exact) mass is 512 g/mol. The van der Waals surface area contributed by atoms with Crippen LogP contribution in [0.5, 0.6) is 17.2 Å². The molecular weight excluding hydrogens is 480 g/mol. The number of methoxy groups -OCH3 is 1. The molecule has 7 heteroatoms. The van der Waals surface area contributed by atoms with E-state index in [1.807, 2.05) is 65.6 Å². The van der Waals surface area contributed by atoms with Crippen LogP contribution in [0.2, 0.25) is 0 Å². The molecule has 3 aromatic carbocycles. The maximum absolute atomic E-state index is 14.2. The summed E-state index contributed by atoms with van der Waals surface area (Å²) < 4.78 is 16.8. The van der Waals surface area contributed by atoms with Gasteiger partial charge in [-0.1, -0.05) is 49.6 Å². The molecule has 2 atom stereocenters. The highest BCUT2D eigenvalue weighted by Gasteiger charge is 2.46. The van der Waals surface area contributed by atoms with E-state index in [2.05, 4.69) is 5.32 Å². The molecule has 38 heavy (non-hydrogen) atoms. The van der Waals surface area contributed by atoms with Gasteiger partial charge in [0.15, 0.2) is 11.5 Å². The van der Waals surface area contributed by atoms with Crippen molar-refractivity contribution in [3.63, 3.8) is 0 Å². The molecule has 196 valence electrons. The Hall–Kier alpha value is -4.00. The van der Waals surface area contributed by atoms with Gasteiger partial charge in [0.1, 0.15) is 19.0 Å². The lowest BCUT2D eigenvalue weighted by atomic mass is 9.77. The third-order valence-corrected chi connectivity index (χ3v) is 7.89. The van der Waals surface area contributed by atoms with Gasteiger partial charge in [-0.2, -0.15) is 0 Å². The minimum Gasteiger partial charge on any atom is -0.497 e. The first-order chi connectivity index (χ1) is 18.6. The second kappa shape index (κ2) is 10.4. The first-order valence-corrected chi connectivity index (χ1v) is 13.4. The average molecular weight is 513 g/mol. The van der Waals surface area contributed by atoms with Crippen LogP contribution in [-0.4, -0.2) is 43.1 Å². The highest BCUT2D eigenvalue weighted by Crippen LogP contribution is 2.46. The highest BCUT2D eigenvalue weighted by atomic mass is 16.6. The summed E-state index contributed by atoms with van der Waals surface area (Å²) in [5, 5.41) is 3.13. The Kier molecular flexibility index (Phi) is 6.66. The fourth-order valence-corrected chi connectivity index (χ4v) is 6.09. The molecule has 0 radical (unpaired) electrons. The molecule has 1 N–H and O–H groups in total. The van der Waals surface area contributed by atoms with Gasteiger partial charge >= 0.3 is 0 Å². The van der Waals surface area contributed by atoms with Gasteiger partial charge in [0.05, 0.1) is 19.1 Å². The number of nitrogens with one attached hydrogen (secondary N) is 1. The zero-order chi connectivity index (χ0) is 26.1. The SMILES string of the molecule is COc1ccc([C@@H]2[C@@H](C(=O)Nc3ccc4c(c3)OCCO4)c3ccccc3C(=O)N2C2CCCCC2)cc1. The molecule has 0 aromatic heterocycles. The van der Waals surface area contributed by atoms with Gasteiger partial charge in [-0.05, 0) is 54.3 Å². The van der Waals surface area contributed by atoms with Crippen molar-refractivity contribution in [2.75, 3.05) is 25.6 Å². The number of benzene rings is 3. The van der Waals surface area contributed by atoms with Crippen LogP contribution >= 0.6 is 0 Å². The maximum atomic E-state index is 14.2. The summed E-state index contributed by atoms with van der Waals surface area (Å²) in [4.78, 5) is 30.2. The zero-order valence-electron chi connectivity index (χ0n) is 21.5. The van der Waals surface area contributed by atoms with E-state index in [1.54, 1.807) is 13.2 Å². The van der Waals surface area contributed by atoms with Crippen LogP contribution in [0.1, 0.15) is 65.5 Å². The zero-order valence-corrected chi connectivity index (χ0v) is 21.5. The van der Waals surface area contributed by atoms with Gasteiger partial charge in [0, 0.05) is 23.4 Å². The summed E-state index contributed by atoms with van der Waals surface area (Å²) in [7, 11) is 1.63. The summed E-state index contributed by atoms with van der Waals surface area (Å²) in [6.45, 7) is 0.977. The van der Waals surface area contributed by atoms with Crippen molar-refractivity contribution in [2.24, 2.45) is 0 Å². The third-order valence-electron chi connectivity index (χ3n) is 7.89. The normalized spacial score (nSPS) is 21.0. The van der Waals surface area contributed by atoms with Crippen molar-refractivity contribution in [1.82, 2.24) is 4.90 Å². The van der Waals surface area contributed by atoms with Crippen molar-refractivity contribution >= 4 is 17.5 Å². The number of rotatable bonds is 5. The number of hydrogen-bond donors (Lipinski definition) is 1. The molecule has 0 bridgehead atoms. The lowest BCUT2D eigenvalue weighted by Crippen LogP contribution is -2.51. The molecule has 2 amide bonds. The smallest absolute Gasteiger partial charge is 0.254 e. The first-order valence-electron chi connectivity index (χ1n) is 13.4. The largest absolute Gasteiger partial charge is 0.497 e. The molecule has 2 aliphatic heterocycles. The fourth-order valence-electron chi connectivity index (χ4n) is 6.09. The Morgan fingerprint density at radius 2 is 1.66 bits per heavy atom. The first kappa shape index (κ1) is 24.3. The number of carbonyl (C=O) groups is 2. The second-order valence-corrected chi connectivity index (χ2v) is 10.1. The van der Waals surface area contributed by atoms with E-state index in [9.17, 15) is 9.59 Å². The van der Waals surface area contributed by atoms with Crippen molar-refractivity contribution in [3.05, 3.63) is 83.4 Å². The molecule has 0 spiro atoms. The Morgan fingerprint density at radius 1 is 0.921 bits per heavy atom. The number of amides is 2. The molecule has 2 heterocycles. The minimum absolute atomic E-state index is 0.00306. The Bertz CT molecular complexity index is 1330. The second-order valence-electron chi connectivity index (χ2n) is 10.1. The number of carbonyl (C=O) groups excluding carboxylic acids is 2. The Morgan fingerprint density at radius 3 is 2.42 bits per heavy atom. The molecular formula is C31H32N2O5. The van der Waals surface area contributed by atoms with Crippen LogP contribution in [0, 0.1) is 0 Å².